The lowest BCUT2D eigenvalue weighted by molar-refractivity contribution is 0.136. The van der Waals surface area contributed by atoms with Gasteiger partial charge in [-0.05, 0) is 52.5 Å². The molecule has 2 N–H and O–H groups in total. The Bertz CT molecular complexity index is 393. The Kier molecular flexibility index (Phi) is 5.54. The molecule has 0 aromatic carbocycles. The second-order valence-electron chi connectivity index (χ2n) is 6.25. The second-order valence-corrected chi connectivity index (χ2v) is 6.25. The van der Waals surface area contributed by atoms with Crippen LogP contribution in [-0.2, 0) is 6.54 Å². The maximum Gasteiger partial charge on any atom is 0.141 e. The Hall–Kier alpha value is -0.940. The lowest BCUT2D eigenvalue weighted by Crippen LogP contribution is -2.41. The smallest absolute Gasteiger partial charge is 0.141 e. The average molecular weight is 279 g/mol. The quantitative estimate of drug-likeness (QED) is 0.868. The average Bonchev–Trinajstić information content (AvgIpc) is 2.87. The van der Waals surface area contributed by atoms with Crippen molar-refractivity contribution in [1.29, 1.82) is 0 Å². The fourth-order valence-corrected chi connectivity index (χ4v) is 3.14. The van der Waals surface area contributed by atoms with Crippen molar-refractivity contribution in [3.8, 4) is 0 Å². The number of rotatable bonds is 6. The van der Waals surface area contributed by atoms with E-state index in [0.717, 1.165) is 31.8 Å². The van der Waals surface area contributed by atoms with Gasteiger partial charge in [0.05, 0.1) is 6.54 Å². The van der Waals surface area contributed by atoms with Gasteiger partial charge in [0.25, 0.3) is 0 Å². The molecule has 0 bridgehead atoms. The fourth-order valence-electron chi connectivity index (χ4n) is 3.14. The zero-order valence-corrected chi connectivity index (χ0v) is 13.1. The Morgan fingerprint density at radius 3 is 2.65 bits per heavy atom. The minimum atomic E-state index is 0.371. The first kappa shape index (κ1) is 15.4. The van der Waals surface area contributed by atoms with Crippen LogP contribution in [0.3, 0.4) is 0 Å². The molecule has 0 atom stereocenters. The van der Waals surface area contributed by atoms with Crippen LogP contribution < -0.4 is 5.73 Å². The molecule has 1 heterocycles. The second kappa shape index (κ2) is 7.18. The molecule has 1 aromatic rings. The van der Waals surface area contributed by atoms with Gasteiger partial charge in [0.2, 0.25) is 0 Å². The molecular weight excluding hydrogens is 250 g/mol. The van der Waals surface area contributed by atoms with Gasteiger partial charge in [-0.3, -0.25) is 4.90 Å². The van der Waals surface area contributed by atoms with Gasteiger partial charge in [0, 0.05) is 18.1 Å². The van der Waals surface area contributed by atoms with Crippen LogP contribution in [-0.4, -0.2) is 38.3 Å². The topological polar surface area (TPSA) is 60.0 Å². The summed E-state index contributed by atoms with van der Waals surface area (Å²) in [4.78, 5) is 7.03. The molecule has 0 spiro atoms. The molecule has 5 heteroatoms. The molecule has 1 aliphatic rings. The lowest BCUT2D eigenvalue weighted by atomic mass is 9.90. The van der Waals surface area contributed by atoms with E-state index in [4.69, 9.17) is 5.73 Å². The number of nitrogens with zero attached hydrogens (tertiary/aromatic N) is 4. The van der Waals surface area contributed by atoms with Gasteiger partial charge in [0.1, 0.15) is 12.2 Å². The van der Waals surface area contributed by atoms with Gasteiger partial charge in [-0.25, -0.2) is 9.67 Å². The number of hydrogen-bond acceptors (Lipinski definition) is 4. The molecule has 0 saturated heterocycles. The minimum absolute atomic E-state index is 0.371. The number of aromatic nitrogens is 3. The zero-order chi connectivity index (χ0) is 14.5. The van der Waals surface area contributed by atoms with Crippen molar-refractivity contribution in [2.45, 2.75) is 77.5 Å². The summed E-state index contributed by atoms with van der Waals surface area (Å²) in [5, 5.41) is 4.34. The van der Waals surface area contributed by atoms with Crippen LogP contribution in [0.15, 0.2) is 6.33 Å². The SMILES string of the molecule is CCCN(Cc1ncnn1C(C)C)C1CCC(N)CC1. The fraction of sp³-hybridized carbons (Fsp3) is 0.867. The summed E-state index contributed by atoms with van der Waals surface area (Å²) in [7, 11) is 0. The summed E-state index contributed by atoms with van der Waals surface area (Å²) in [5.41, 5.74) is 6.03. The highest BCUT2D eigenvalue weighted by atomic mass is 15.4. The van der Waals surface area contributed by atoms with Gasteiger partial charge in [-0.1, -0.05) is 6.92 Å². The van der Waals surface area contributed by atoms with E-state index in [1.54, 1.807) is 6.33 Å². The summed E-state index contributed by atoms with van der Waals surface area (Å²) >= 11 is 0. The van der Waals surface area contributed by atoms with E-state index in [2.05, 4.69) is 35.8 Å². The highest BCUT2D eigenvalue weighted by Crippen LogP contribution is 2.24. The van der Waals surface area contributed by atoms with Crippen LogP contribution in [0.25, 0.3) is 0 Å². The van der Waals surface area contributed by atoms with Crippen molar-refractivity contribution in [2.75, 3.05) is 6.54 Å². The van der Waals surface area contributed by atoms with Gasteiger partial charge in [-0.15, -0.1) is 0 Å². The van der Waals surface area contributed by atoms with E-state index in [9.17, 15) is 0 Å². The van der Waals surface area contributed by atoms with Crippen LogP contribution in [0.4, 0.5) is 0 Å². The minimum Gasteiger partial charge on any atom is -0.328 e. The molecule has 1 aromatic heterocycles. The standard InChI is InChI=1S/C15H29N5/c1-4-9-19(14-7-5-13(16)6-8-14)10-15-17-11-18-20(15)12(2)3/h11-14H,4-10,16H2,1-3H3. The first-order valence-electron chi connectivity index (χ1n) is 7.99. The maximum absolute atomic E-state index is 6.03. The monoisotopic (exact) mass is 279 g/mol. The molecule has 0 amide bonds. The molecule has 0 aliphatic heterocycles. The molecule has 0 unspecified atom stereocenters. The maximum atomic E-state index is 6.03. The largest absolute Gasteiger partial charge is 0.328 e. The summed E-state index contributed by atoms with van der Waals surface area (Å²) in [6.07, 6.45) is 7.60. The molecular formula is C15H29N5. The molecule has 114 valence electrons. The van der Waals surface area contributed by atoms with Gasteiger partial charge in [-0.2, -0.15) is 5.10 Å². The molecule has 20 heavy (non-hydrogen) atoms. The Labute approximate surface area is 122 Å². The normalized spacial score (nSPS) is 23.7. The van der Waals surface area contributed by atoms with E-state index >= 15 is 0 Å². The van der Waals surface area contributed by atoms with Crippen LogP contribution in [0.2, 0.25) is 0 Å². The van der Waals surface area contributed by atoms with Gasteiger partial charge in [0.15, 0.2) is 0 Å². The van der Waals surface area contributed by atoms with E-state index in [1.807, 2.05) is 4.68 Å². The van der Waals surface area contributed by atoms with Crippen LogP contribution >= 0.6 is 0 Å². The van der Waals surface area contributed by atoms with Crippen molar-refractivity contribution in [3.05, 3.63) is 12.2 Å². The number of hydrogen-bond donors (Lipinski definition) is 1. The molecule has 2 rings (SSSR count). The van der Waals surface area contributed by atoms with Crippen LogP contribution in [0.5, 0.6) is 0 Å². The van der Waals surface area contributed by atoms with Crippen molar-refractivity contribution in [2.24, 2.45) is 5.73 Å². The highest BCUT2D eigenvalue weighted by molar-refractivity contribution is 4.90. The predicted octanol–water partition coefficient (Wildman–Crippen LogP) is 2.34. The Balaban J connectivity index is 2.03. The molecule has 1 aliphatic carbocycles. The zero-order valence-electron chi connectivity index (χ0n) is 13.1. The van der Waals surface area contributed by atoms with Crippen molar-refractivity contribution in [3.63, 3.8) is 0 Å². The molecule has 5 nitrogen and oxygen atoms in total. The first-order valence-corrected chi connectivity index (χ1v) is 7.99. The van der Waals surface area contributed by atoms with Crippen LogP contribution in [0.1, 0.15) is 64.7 Å². The third-order valence-corrected chi connectivity index (χ3v) is 4.25. The third-order valence-electron chi connectivity index (χ3n) is 4.25. The van der Waals surface area contributed by atoms with E-state index < -0.39 is 0 Å². The van der Waals surface area contributed by atoms with Crippen molar-refractivity contribution >= 4 is 0 Å². The third kappa shape index (κ3) is 3.79. The predicted molar refractivity (Wildman–Crippen MR) is 81.3 cm³/mol. The van der Waals surface area contributed by atoms with E-state index in [1.165, 1.54) is 19.3 Å². The van der Waals surface area contributed by atoms with Crippen molar-refractivity contribution in [1.82, 2.24) is 19.7 Å². The summed E-state index contributed by atoms with van der Waals surface area (Å²) < 4.78 is 2.04. The summed E-state index contributed by atoms with van der Waals surface area (Å²) in [6.45, 7) is 8.59. The number of nitrogens with two attached hydrogens (primary N) is 1. The molecule has 1 fully saturated rings. The van der Waals surface area contributed by atoms with Crippen LogP contribution in [0, 0.1) is 0 Å². The van der Waals surface area contributed by atoms with Gasteiger partial charge >= 0.3 is 0 Å². The van der Waals surface area contributed by atoms with Crippen molar-refractivity contribution < 1.29 is 0 Å². The first-order chi connectivity index (χ1) is 9.61. The Morgan fingerprint density at radius 1 is 1.35 bits per heavy atom. The van der Waals surface area contributed by atoms with E-state index in [0.29, 0.717) is 18.1 Å². The molecule has 0 radical (unpaired) electrons. The van der Waals surface area contributed by atoms with E-state index in [-0.39, 0.29) is 0 Å². The summed E-state index contributed by atoms with van der Waals surface area (Å²) in [6, 6.07) is 1.44. The molecule has 1 saturated carbocycles. The summed E-state index contributed by atoms with van der Waals surface area (Å²) in [5.74, 6) is 1.09. The van der Waals surface area contributed by atoms with Gasteiger partial charge < -0.3 is 5.73 Å². The highest BCUT2D eigenvalue weighted by Gasteiger charge is 2.25. The lowest BCUT2D eigenvalue weighted by Gasteiger charge is -2.35. The Morgan fingerprint density at radius 2 is 2.05 bits per heavy atom.